The number of carbonyl (C=O) groups is 2. The Morgan fingerprint density at radius 3 is 2.16 bits per heavy atom. The van der Waals surface area contributed by atoms with Crippen molar-refractivity contribution in [3.63, 3.8) is 0 Å². The van der Waals surface area contributed by atoms with E-state index in [2.05, 4.69) is 5.32 Å². The topological polar surface area (TPSA) is 125 Å². The van der Waals surface area contributed by atoms with Crippen molar-refractivity contribution in [1.82, 2.24) is 0 Å². The van der Waals surface area contributed by atoms with Crippen LogP contribution in [0.15, 0.2) is 83.8 Å². The zero-order chi connectivity index (χ0) is 23.1. The van der Waals surface area contributed by atoms with E-state index in [4.69, 9.17) is 14.6 Å². The van der Waals surface area contributed by atoms with E-state index in [1.165, 1.54) is 31.2 Å². The number of esters is 1. The summed E-state index contributed by atoms with van der Waals surface area (Å²) < 4.78 is 33.4. The number of hydrogen-bond donors (Lipinski definition) is 2. The third-order valence-electron chi connectivity index (χ3n) is 4.44. The van der Waals surface area contributed by atoms with Gasteiger partial charge in [0.25, 0.3) is 5.91 Å². The molecule has 1 amide bonds. The highest BCUT2D eigenvalue weighted by atomic mass is 32.2. The van der Waals surface area contributed by atoms with Gasteiger partial charge in [-0.05, 0) is 61.0 Å². The molecule has 32 heavy (non-hydrogen) atoms. The van der Waals surface area contributed by atoms with Crippen LogP contribution in [0.25, 0.3) is 0 Å². The summed E-state index contributed by atoms with van der Waals surface area (Å²) in [5, 5.41) is 7.59. The Balaban J connectivity index is 1.52. The summed E-state index contributed by atoms with van der Waals surface area (Å²) in [7, 11) is -3.82. The molecule has 1 atom stereocenters. The fourth-order valence-electron chi connectivity index (χ4n) is 2.68. The first-order valence-corrected chi connectivity index (χ1v) is 11.2. The molecular weight excluding hydrogens is 432 g/mol. The molecule has 0 saturated heterocycles. The number of hydrogen-bond acceptors (Lipinski definition) is 6. The summed E-state index contributed by atoms with van der Waals surface area (Å²) in [6, 6.07) is 21.4. The van der Waals surface area contributed by atoms with Crippen molar-refractivity contribution in [1.29, 1.82) is 0 Å². The van der Waals surface area contributed by atoms with Gasteiger partial charge >= 0.3 is 5.97 Å². The van der Waals surface area contributed by atoms with Crippen LogP contribution >= 0.6 is 0 Å². The molecule has 0 aliphatic heterocycles. The molecule has 0 aliphatic rings. The van der Waals surface area contributed by atoms with Crippen LogP contribution in [0, 0.1) is 0 Å². The minimum absolute atomic E-state index is 0.0776. The second-order valence-corrected chi connectivity index (χ2v) is 8.47. The molecule has 0 bridgehead atoms. The Morgan fingerprint density at radius 1 is 0.938 bits per heavy atom. The summed E-state index contributed by atoms with van der Waals surface area (Å²) in [6.07, 6.45) is -1.07. The highest BCUT2D eigenvalue weighted by Gasteiger charge is 2.19. The number of primary sulfonamides is 1. The van der Waals surface area contributed by atoms with E-state index in [9.17, 15) is 18.0 Å². The highest BCUT2D eigenvalue weighted by molar-refractivity contribution is 7.89. The Hall–Kier alpha value is -3.69. The summed E-state index contributed by atoms with van der Waals surface area (Å²) >= 11 is 0. The average Bonchev–Trinajstić information content (AvgIpc) is 2.78. The average molecular weight is 455 g/mol. The molecule has 8 nitrogen and oxygen atoms in total. The molecule has 0 fully saturated rings. The second-order valence-electron chi connectivity index (χ2n) is 6.90. The van der Waals surface area contributed by atoms with E-state index in [-0.39, 0.29) is 10.5 Å². The van der Waals surface area contributed by atoms with Crippen LogP contribution in [-0.4, -0.2) is 26.4 Å². The van der Waals surface area contributed by atoms with Gasteiger partial charge in [0.15, 0.2) is 6.10 Å². The fourth-order valence-corrected chi connectivity index (χ4v) is 3.20. The molecule has 0 aliphatic carbocycles. The maximum atomic E-state index is 12.3. The molecule has 3 rings (SSSR count). The third-order valence-corrected chi connectivity index (χ3v) is 5.37. The number of anilines is 1. The molecule has 0 unspecified atom stereocenters. The van der Waals surface area contributed by atoms with Crippen molar-refractivity contribution in [2.45, 2.75) is 24.5 Å². The SMILES string of the molecule is C[C@H](OC(=O)c1ccc(OCc2ccccc2)cc1)C(=O)Nc1ccc(S(N)(=O)=O)cc1. The lowest BCUT2D eigenvalue weighted by Gasteiger charge is -2.14. The largest absolute Gasteiger partial charge is 0.489 e. The first-order chi connectivity index (χ1) is 15.2. The molecule has 0 aromatic heterocycles. The number of carbonyl (C=O) groups excluding carboxylic acids is 2. The van der Waals surface area contributed by atoms with Gasteiger partial charge in [0, 0.05) is 5.69 Å². The molecule has 0 saturated carbocycles. The lowest BCUT2D eigenvalue weighted by atomic mass is 10.2. The number of ether oxygens (including phenoxy) is 2. The minimum Gasteiger partial charge on any atom is -0.489 e. The molecule has 3 aromatic carbocycles. The maximum absolute atomic E-state index is 12.3. The number of rotatable bonds is 8. The summed E-state index contributed by atoms with van der Waals surface area (Å²) in [5.74, 6) is -0.629. The summed E-state index contributed by atoms with van der Waals surface area (Å²) in [6.45, 7) is 1.84. The smallest absolute Gasteiger partial charge is 0.338 e. The van der Waals surface area contributed by atoms with Crippen LogP contribution in [0.3, 0.4) is 0 Å². The Morgan fingerprint density at radius 2 is 1.56 bits per heavy atom. The van der Waals surface area contributed by atoms with Gasteiger partial charge in [0.2, 0.25) is 10.0 Å². The highest BCUT2D eigenvalue weighted by Crippen LogP contribution is 2.16. The zero-order valence-corrected chi connectivity index (χ0v) is 18.0. The maximum Gasteiger partial charge on any atom is 0.338 e. The zero-order valence-electron chi connectivity index (χ0n) is 17.2. The lowest BCUT2D eigenvalue weighted by molar-refractivity contribution is -0.123. The predicted molar refractivity (Wildman–Crippen MR) is 119 cm³/mol. The quantitative estimate of drug-likeness (QED) is 0.504. The normalized spacial score (nSPS) is 11.9. The fraction of sp³-hybridized carbons (Fsp3) is 0.130. The van der Waals surface area contributed by atoms with Gasteiger partial charge in [-0.2, -0.15) is 0 Å². The van der Waals surface area contributed by atoms with Crippen LogP contribution in [0.4, 0.5) is 5.69 Å². The van der Waals surface area contributed by atoms with Crippen molar-refractivity contribution in [3.8, 4) is 5.75 Å². The van der Waals surface area contributed by atoms with Crippen LogP contribution in [0.2, 0.25) is 0 Å². The van der Waals surface area contributed by atoms with Crippen molar-refractivity contribution >= 4 is 27.6 Å². The van der Waals surface area contributed by atoms with Crippen molar-refractivity contribution in [2.75, 3.05) is 5.32 Å². The monoisotopic (exact) mass is 454 g/mol. The van der Waals surface area contributed by atoms with Gasteiger partial charge in [-0.3, -0.25) is 4.79 Å². The van der Waals surface area contributed by atoms with Crippen molar-refractivity contribution in [3.05, 3.63) is 90.0 Å². The van der Waals surface area contributed by atoms with Crippen LogP contribution in [-0.2, 0) is 26.2 Å². The van der Waals surface area contributed by atoms with E-state index in [1.807, 2.05) is 30.3 Å². The van der Waals surface area contributed by atoms with Crippen LogP contribution < -0.4 is 15.2 Å². The molecule has 0 heterocycles. The summed E-state index contributed by atoms with van der Waals surface area (Å²) in [4.78, 5) is 24.5. The first-order valence-electron chi connectivity index (χ1n) is 9.64. The molecule has 0 radical (unpaired) electrons. The summed E-state index contributed by atoms with van der Waals surface area (Å²) in [5.41, 5.74) is 1.63. The van der Waals surface area contributed by atoms with Gasteiger partial charge in [-0.15, -0.1) is 0 Å². The molecular formula is C23H22N2O6S. The van der Waals surface area contributed by atoms with Crippen molar-refractivity contribution in [2.24, 2.45) is 5.14 Å². The van der Waals surface area contributed by atoms with E-state index in [1.54, 1.807) is 24.3 Å². The molecule has 0 spiro atoms. The number of amides is 1. The van der Waals surface area contributed by atoms with Crippen molar-refractivity contribution < 1.29 is 27.5 Å². The van der Waals surface area contributed by atoms with Gasteiger partial charge in [0.05, 0.1) is 10.5 Å². The van der Waals surface area contributed by atoms with Gasteiger partial charge in [-0.25, -0.2) is 18.4 Å². The Bertz CT molecular complexity index is 1180. The Labute approximate surface area is 186 Å². The standard InChI is InChI=1S/C23H22N2O6S/c1-16(22(26)25-19-9-13-21(14-10-19)32(24,28)29)31-23(27)18-7-11-20(12-8-18)30-15-17-5-3-2-4-6-17/h2-14,16H,15H2,1H3,(H,25,26)(H2,24,28,29)/t16-/m0/s1. The molecule has 3 aromatic rings. The van der Waals surface area contributed by atoms with Crippen LogP contribution in [0.1, 0.15) is 22.8 Å². The molecule has 166 valence electrons. The van der Waals surface area contributed by atoms with Crippen LogP contribution in [0.5, 0.6) is 5.75 Å². The van der Waals surface area contributed by atoms with Gasteiger partial charge in [-0.1, -0.05) is 30.3 Å². The number of benzene rings is 3. The van der Waals surface area contributed by atoms with E-state index in [0.717, 1.165) is 5.56 Å². The van der Waals surface area contributed by atoms with E-state index in [0.29, 0.717) is 18.0 Å². The number of nitrogens with two attached hydrogens (primary N) is 1. The predicted octanol–water partition coefficient (Wildman–Crippen LogP) is 3.10. The van der Waals surface area contributed by atoms with Gasteiger partial charge < -0.3 is 14.8 Å². The number of sulfonamides is 1. The second kappa shape index (κ2) is 10.1. The Kier molecular flexibility index (Phi) is 7.24. The number of nitrogens with one attached hydrogen (secondary N) is 1. The minimum atomic E-state index is -3.82. The molecule has 3 N–H and O–H groups in total. The third kappa shape index (κ3) is 6.40. The van der Waals surface area contributed by atoms with E-state index >= 15 is 0 Å². The molecule has 9 heteroatoms. The van der Waals surface area contributed by atoms with Gasteiger partial charge in [0.1, 0.15) is 12.4 Å². The lowest BCUT2D eigenvalue weighted by Crippen LogP contribution is -2.30. The van der Waals surface area contributed by atoms with E-state index < -0.39 is 28.0 Å². The first kappa shape index (κ1) is 23.0.